The molecule has 0 amide bonds. The predicted molar refractivity (Wildman–Crippen MR) is 64.0 cm³/mol. The van der Waals surface area contributed by atoms with Crippen molar-refractivity contribution in [2.24, 2.45) is 0 Å². The van der Waals surface area contributed by atoms with E-state index in [1.165, 1.54) is 16.7 Å². The Hall–Kier alpha value is -1.76. The second-order valence-electron chi connectivity index (χ2n) is 4.07. The van der Waals surface area contributed by atoms with E-state index in [9.17, 15) is 0 Å². The Balaban J connectivity index is 2.05. The molecule has 3 rings (SSSR count). The summed E-state index contributed by atoms with van der Waals surface area (Å²) in [4.78, 5) is 0. The molecule has 1 heterocycles. The van der Waals surface area contributed by atoms with Gasteiger partial charge in [0.25, 0.3) is 0 Å². The Morgan fingerprint density at radius 1 is 1.12 bits per heavy atom. The van der Waals surface area contributed by atoms with Crippen molar-refractivity contribution in [1.82, 2.24) is 0 Å². The Labute approximate surface area is 95.7 Å². The van der Waals surface area contributed by atoms with Crippen LogP contribution in [0.1, 0.15) is 23.6 Å². The minimum absolute atomic E-state index is 0.930. The molecule has 0 atom stereocenters. The van der Waals surface area contributed by atoms with Gasteiger partial charge in [-0.3, -0.25) is 0 Å². The van der Waals surface area contributed by atoms with Gasteiger partial charge in [0.05, 0.1) is 0 Å². The molecule has 16 heavy (non-hydrogen) atoms. The van der Waals surface area contributed by atoms with Crippen LogP contribution >= 0.6 is 0 Å². The molecule has 1 heteroatoms. The Morgan fingerprint density at radius 3 is 2.88 bits per heavy atom. The van der Waals surface area contributed by atoms with Gasteiger partial charge in [-0.1, -0.05) is 31.2 Å². The van der Waals surface area contributed by atoms with Crippen LogP contribution in [0.5, 0.6) is 11.5 Å². The van der Waals surface area contributed by atoms with Gasteiger partial charge in [0.15, 0.2) is 0 Å². The number of hydrogen-bond acceptors (Lipinski definition) is 1. The molecular formula is C15H13O. The van der Waals surface area contributed by atoms with E-state index < -0.39 is 0 Å². The zero-order chi connectivity index (χ0) is 11.0. The lowest BCUT2D eigenvalue weighted by atomic mass is 9.98. The zero-order valence-electron chi connectivity index (χ0n) is 9.29. The molecule has 0 bridgehead atoms. The number of fused-ring (bicyclic) bond motifs is 2. The molecule has 0 saturated carbocycles. The number of rotatable bonds is 1. The average Bonchev–Trinajstić information content (AvgIpc) is 2.35. The molecule has 0 N–H and O–H groups in total. The van der Waals surface area contributed by atoms with Crippen LogP contribution < -0.4 is 4.74 Å². The summed E-state index contributed by atoms with van der Waals surface area (Å²) in [6.07, 6.45) is 1.95. The molecule has 2 aromatic carbocycles. The van der Waals surface area contributed by atoms with Gasteiger partial charge >= 0.3 is 0 Å². The summed E-state index contributed by atoms with van der Waals surface area (Å²) in [6, 6.07) is 15.8. The minimum Gasteiger partial charge on any atom is -0.457 e. The van der Waals surface area contributed by atoms with Gasteiger partial charge in [-0.15, -0.1) is 0 Å². The van der Waals surface area contributed by atoms with Crippen molar-refractivity contribution < 1.29 is 4.74 Å². The third-order valence-corrected chi connectivity index (χ3v) is 2.99. The predicted octanol–water partition coefficient (Wildman–Crippen LogP) is 3.75. The Bertz CT molecular complexity index is 529. The third kappa shape index (κ3) is 1.49. The summed E-state index contributed by atoms with van der Waals surface area (Å²) in [5.74, 6) is 1.93. The first-order valence-electron chi connectivity index (χ1n) is 5.66. The largest absolute Gasteiger partial charge is 0.457 e. The van der Waals surface area contributed by atoms with Gasteiger partial charge < -0.3 is 4.74 Å². The van der Waals surface area contributed by atoms with E-state index in [1.807, 2.05) is 12.1 Å². The molecule has 0 unspecified atom stereocenters. The van der Waals surface area contributed by atoms with E-state index >= 15 is 0 Å². The van der Waals surface area contributed by atoms with Crippen LogP contribution in [-0.4, -0.2) is 0 Å². The van der Waals surface area contributed by atoms with Crippen molar-refractivity contribution in [1.29, 1.82) is 0 Å². The molecule has 79 valence electrons. The summed E-state index contributed by atoms with van der Waals surface area (Å²) in [7, 11) is 0. The van der Waals surface area contributed by atoms with E-state index in [-0.39, 0.29) is 0 Å². The molecule has 0 spiro atoms. The van der Waals surface area contributed by atoms with Crippen LogP contribution in [0, 0.1) is 6.07 Å². The van der Waals surface area contributed by atoms with Crippen LogP contribution in [0.3, 0.4) is 0 Å². The van der Waals surface area contributed by atoms with Crippen molar-refractivity contribution in [2.45, 2.75) is 19.8 Å². The number of aryl methyl sites for hydroxylation is 1. The minimum atomic E-state index is 0.930. The first kappa shape index (κ1) is 9.46. The van der Waals surface area contributed by atoms with Gasteiger partial charge in [0.1, 0.15) is 11.5 Å². The fraction of sp³-hybridized carbons (Fsp3) is 0.200. The molecule has 2 aromatic rings. The normalized spacial score (nSPS) is 12.6. The summed E-state index contributed by atoms with van der Waals surface area (Å²) < 4.78 is 5.85. The number of hydrogen-bond donors (Lipinski definition) is 0. The molecule has 0 aliphatic carbocycles. The SMILES string of the molecule is CCc1[c]c2c(cc1)Oc1ccccc1C2. The van der Waals surface area contributed by atoms with Crippen molar-refractivity contribution in [3.05, 3.63) is 59.2 Å². The van der Waals surface area contributed by atoms with E-state index in [4.69, 9.17) is 4.74 Å². The molecule has 1 radical (unpaired) electrons. The molecule has 0 fully saturated rings. The van der Waals surface area contributed by atoms with Gasteiger partial charge in [0, 0.05) is 12.0 Å². The van der Waals surface area contributed by atoms with E-state index in [1.54, 1.807) is 0 Å². The van der Waals surface area contributed by atoms with Crippen molar-refractivity contribution in [3.8, 4) is 11.5 Å². The maximum Gasteiger partial charge on any atom is 0.131 e. The highest BCUT2D eigenvalue weighted by Crippen LogP contribution is 2.36. The van der Waals surface area contributed by atoms with Gasteiger partial charge in [-0.05, 0) is 35.7 Å². The molecule has 1 aliphatic rings. The first-order chi connectivity index (χ1) is 7.86. The standard InChI is InChI=1S/C15H13O/c1-2-11-7-8-15-13(9-11)10-12-5-3-4-6-14(12)16-15/h3-8H,2,10H2,1H3. The van der Waals surface area contributed by atoms with Crippen LogP contribution in [0.25, 0.3) is 0 Å². The first-order valence-corrected chi connectivity index (χ1v) is 5.66. The summed E-state index contributed by atoms with van der Waals surface area (Å²) in [6.45, 7) is 2.15. The summed E-state index contributed by atoms with van der Waals surface area (Å²) in [5.41, 5.74) is 3.68. The Morgan fingerprint density at radius 2 is 2.00 bits per heavy atom. The van der Waals surface area contributed by atoms with E-state index in [2.05, 4.69) is 37.3 Å². The summed E-state index contributed by atoms with van der Waals surface area (Å²) in [5, 5.41) is 0. The molecule has 1 nitrogen and oxygen atoms in total. The van der Waals surface area contributed by atoms with Crippen LogP contribution in [0.15, 0.2) is 36.4 Å². The van der Waals surface area contributed by atoms with E-state index in [0.717, 1.165) is 24.3 Å². The molecule has 0 saturated heterocycles. The summed E-state index contributed by atoms with van der Waals surface area (Å²) >= 11 is 0. The van der Waals surface area contributed by atoms with Crippen LogP contribution in [-0.2, 0) is 12.8 Å². The lowest BCUT2D eigenvalue weighted by molar-refractivity contribution is 0.459. The van der Waals surface area contributed by atoms with Gasteiger partial charge in [-0.25, -0.2) is 0 Å². The quantitative estimate of drug-likeness (QED) is 0.593. The maximum atomic E-state index is 5.85. The van der Waals surface area contributed by atoms with Crippen LogP contribution in [0.2, 0.25) is 0 Å². The zero-order valence-corrected chi connectivity index (χ0v) is 9.29. The van der Waals surface area contributed by atoms with Crippen molar-refractivity contribution in [3.63, 3.8) is 0 Å². The number of para-hydroxylation sites is 1. The molecular weight excluding hydrogens is 196 g/mol. The van der Waals surface area contributed by atoms with Crippen molar-refractivity contribution in [2.75, 3.05) is 0 Å². The lowest BCUT2D eigenvalue weighted by Crippen LogP contribution is -2.03. The Kier molecular flexibility index (Phi) is 2.17. The smallest absolute Gasteiger partial charge is 0.131 e. The highest BCUT2D eigenvalue weighted by atomic mass is 16.5. The fourth-order valence-electron chi connectivity index (χ4n) is 2.07. The lowest BCUT2D eigenvalue weighted by Gasteiger charge is -2.20. The second-order valence-corrected chi connectivity index (χ2v) is 4.07. The fourth-order valence-corrected chi connectivity index (χ4v) is 2.07. The van der Waals surface area contributed by atoms with Crippen molar-refractivity contribution >= 4 is 0 Å². The maximum absolute atomic E-state index is 5.85. The highest BCUT2D eigenvalue weighted by molar-refractivity contribution is 5.50. The van der Waals surface area contributed by atoms with E-state index in [0.29, 0.717) is 0 Å². The highest BCUT2D eigenvalue weighted by Gasteiger charge is 2.16. The molecule has 1 aliphatic heterocycles. The monoisotopic (exact) mass is 209 g/mol. The van der Waals surface area contributed by atoms with Gasteiger partial charge in [-0.2, -0.15) is 0 Å². The third-order valence-electron chi connectivity index (χ3n) is 2.99. The average molecular weight is 209 g/mol. The second kappa shape index (κ2) is 3.67. The number of benzene rings is 2. The topological polar surface area (TPSA) is 9.23 Å². The van der Waals surface area contributed by atoms with Gasteiger partial charge in [0.2, 0.25) is 0 Å². The molecule has 0 aromatic heterocycles. The van der Waals surface area contributed by atoms with Crippen LogP contribution in [0.4, 0.5) is 0 Å². The number of ether oxygens (including phenoxy) is 1.